The minimum absolute atomic E-state index is 0. The van der Waals surface area contributed by atoms with Crippen molar-refractivity contribution in [3.8, 4) is 11.5 Å². The fourth-order valence-corrected chi connectivity index (χ4v) is 2.61. The van der Waals surface area contributed by atoms with Crippen molar-refractivity contribution in [3.05, 3.63) is 23.8 Å². The summed E-state index contributed by atoms with van der Waals surface area (Å²) < 4.78 is 0. The van der Waals surface area contributed by atoms with E-state index in [1.807, 2.05) is 13.8 Å². The summed E-state index contributed by atoms with van der Waals surface area (Å²) in [6.07, 6.45) is 3.47. The Morgan fingerprint density at radius 3 is 2.25 bits per heavy atom. The van der Waals surface area contributed by atoms with Gasteiger partial charge in [0, 0.05) is 5.56 Å². The molecular formula is C15H22BrNO3. The molecule has 2 rings (SSSR count). The number of hydrogen-bond donors (Lipinski definition) is 2. The number of phenolic OH excluding ortho intramolecular Hbond substituents is 2. The zero-order valence-corrected chi connectivity index (χ0v) is 13.6. The third kappa shape index (κ3) is 3.33. The number of aromatic hydroxyl groups is 2. The van der Waals surface area contributed by atoms with E-state index in [2.05, 4.69) is 4.90 Å². The normalized spacial score (nSPS) is 16.5. The van der Waals surface area contributed by atoms with Crippen LogP contribution in [0, 0.1) is 0 Å². The molecule has 112 valence electrons. The van der Waals surface area contributed by atoms with Crippen LogP contribution in [0.1, 0.15) is 43.5 Å². The number of phenols is 2. The van der Waals surface area contributed by atoms with E-state index < -0.39 is 5.54 Å². The van der Waals surface area contributed by atoms with Gasteiger partial charge in [-0.1, -0.05) is 6.42 Å². The number of hydrogen-bond acceptors (Lipinski definition) is 4. The highest BCUT2D eigenvalue weighted by atomic mass is 79.9. The number of carbonyl (C=O) groups excluding carboxylic acids is 1. The molecule has 5 heteroatoms. The van der Waals surface area contributed by atoms with Gasteiger partial charge in [-0.2, -0.15) is 0 Å². The van der Waals surface area contributed by atoms with Crippen molar-refractivity contribution in [2.24, 2.45) is 0 Å². The Kier molecular flexibility index (Phi) is 5.59. The number of likely N-dealkylation sites (tertiary alicyclic amines) is 1. The van der Waals surface area contributed by atoms with E-state index in [1.54, 1.807) is 6.07 Å². The Morgan fingerprint density at radius 1 is 1.10 bits per heavy atom. The molecule has 0 amide bonds. The SMILES string of the molecule is Br.CC(C)(C(=O)c1ccc(O)c(O)c1)N1CCCCC1. The molecule has 1 aliphatic rings. The smallest absolute Gasteiger partial charge is 0.182 e. The maximum atomic E-state index is 12.6. The minimum Gasteiger partial charge on any atom is -0.504 e. The summed E-state index contributed by atoms with van der Waals surface area (Å²) in [6.45, 7) is 5.71. The Balaban J connectivity index is 0.00000200. The molecule has 4 nitrogen and oxygen atoms in total. The number of carbonyl (C=O) groups is 1. The van der Waals surface area contributed by atoms with Crippen molar-refractivity contribution in [2.75, 3.05) is 13.1 Å². The van der Waals surface area contributed by atoms with Crippen LogP contribution in [-0.2, 0) is 0 Å². The van der Waals surface area contributed by atoms with E-state index in [9.17, 15) is 15.0 Å². The lowest BCUT2D eigenvalue weighted by molar-refractivity contribution is 0.0579. The molecule has 1 aromatic carbocycles. The zero-order chi connectivity index (χ0) is 14.0. The average molecular weight is 344 g/mol. The number of ketones is 1. The molecule has 1 aromatic rings. The zero-order valence-electron chi connectivity index (χ0n) is 11.9. The summed E-state index contributed by atoms with van der Waals surface area (Å²) in [5, 5.41) is 18.8. The van der Waals surface area contributed by atoms with Gasteiger partial charge in [0.15, 0.2) is 17.3 Å². The van der Waals surface area contributed by atoms with Gasteiger partial charge in [0.25, 0.3) is 0 Å². The van der Waals surface area contributed by atoms with Gasteiger partial charge in [0.05, 0.1) is 5.54 Å². The van der Waals surface area contributed by atoms with Crippen LogP contribution in [0.4, 0.5) is 0 Å². The molecule has 1 heterocycles. The van der Waals surface area contributed by atoms with Crippen LogP contribution in [-0.4, -0.2) is 39.5 Å². The first-order valence-electron chi connectivity index (χ1n) is 6.75. The van der Waals surface area contributed by atoms with Gasteiger partial charge >= 0.3 is 0 Å². The Morgan fingerprint density at radius 2 is 1.70 bits per heavy atom. The summed E-state index contributed by atoms with van der Waals surface area (Å²) in [5.74, 6) is -0.475. The van der Waals surface area contributed by atoms with Crippen LogP contribution >= 0.6 is 17.0 Å². The number of benzene rings is 1. The number of piperidine rings is 1. The van der Waals surface area contributed by atoms with Crippen molar-refractivity contribution >= 4 is 22.8 Å². The molecular weight excluding hydrogens is 322 g/mol. The van der Waals surface area contributed by atoms with Gasteiger partial charge in [-0.05, 0) is 58.0 Å². The summed E-state index contributed by atoms with van der Waals surface area (Å²) in [5.41, 5.74) is -0.144. The fourth-order valence-electron chi connectivity index (χ4n) is 2.61. The highest BCUT2D eigenvalue weighted by molar-refractivity contribution is 8.93. The fraction of sp³-hybridized carbons (Fsp3) is 0.533. The van der Waals surface area contributed by atoms with Crippen molar-refractivity contribution in [2.45, 2.75) is 38.6 Å². The van der Waals surface area contributed by atoms with E-state index >= 15 is 0 Å². The molecule has 0 spiro atoms. The number of Topliss-reactive ketones (excluding diaryl/α,β-unsaturated/α-hetero) is 1. The van der Waals surface area contributed by atoms with Gasteiger partial charge in [-0.3, -0.25) is 9.69 Å². The van der Waals surface area contributed by atoms with Crippen LogP contribution in [0.5, 0.6) is 11.5 Å². The van der Waals surface area contributed by atoms with Crippen molar-refractivity contribution in [3.63, 3.8) is 0 Å². The lowest BCUT2D eigenvalue weighted by atomic mass is 9.89. The van der Waals surface area contributed by atoms with Crippen LogP contribution < -0.4 is 0 Å². The topological polar surface area (TPSA) is 60.8 Å². The maximum absolute atomic E-state index is 12.6. The third-order valence-electron chi connectivity index (χ3n) is 3.94. The lowest BCUT2D eigenvalue weighted by Crippen LogP contribution is -2.52. The Hall–Kier alpha value is -1.07. The molecule has 0 radical (unpaired) electrons. The Labute approximate surface area is 130 Å². The van der Waals surface area contributed by atoms with Crippen LogP contribution in [0.2, 0.25) is 0 Å². The number of nitrogens with zero attached hydrogens (tertiary/aromatic N) is 1. The van der Waals surface area contributed by atoms with E-state index in [4.69, 9.17) is 0 Å². The highest BCUT2D eigenvalue weighted by Gasteiger charge is 2.35. The molecule has 2 N–H and O–H groups in total. The lowest BCUT2D eigenvalue weighted by Gasteiger charge is -2.39. The van der Waals surface area contributed by atoms with Crippen LogP contribution in [0.25, 0.3) is 0 Å². The first kappa shape index (κ1) is 17.0. The van der Waals surface area contributed by atoms with Gasteiger partial charge in [0.1, 0.15) is 0 Å². The number of rotatable bonds is 3. The average Bonchev–Trinajstić information content (AvgIpc) is 2.42. The quantitative estimate of drug-likeness (QED) is 0.653. The molecule has 1 aliphatic heterocycles. The van der Waals surface area contributed by atoms with Crippen LogP contribution in [0.3, 0.4) is 0 Å². The second-order valence-electron chi connectivity index (χ2n) is 5.64. The molecule has 0 aromatic heterocycles. The summed E-state index contributed by atoms with van der Waals surface area (Å²) in [7, 11) is 0. The molecule has 1 saturated heterocycles. The van der Waals surface area contributed by atoms with Crippen LogP contribution in [0.15, 0.2) is 18.2 Å². The van der Waals surface area contributed by atoms with E-state index in [1.165, 1.54) is 18.6 Å². The largest absolute Gasteiger partial charge is 0.504 e. The molecule has 0 aliphatic carbocycles. The molecule has 0 saturated carbocycles. The van der Waals surface area contributed by atoms with E-state index in [-0.39, 0.29) is 34.3 Å². The standard InChI is InChI=1S/C15H21NO3.BrH/c1-15(2,16-8-4-3-5-9-16)14(19)11-6-7-12(17)13(18)10-11;/h6-7,10,17-18H,3-5,8-9H2,1-2H3;1H. The third-order valence-corrected chi connectivity index (χ3v) is 3.94. The maximum Gasteiger partial charge on any atom is 0.182 e. The summed E-state index contributed by atoms with van der Waals surface area (Å²) in [6, 6.07) is 4.25. The molecule has 1 fully saturated rings. The first-order valence-corrected chi connectivity index (χ1v) is 6.75. The predicted molar refractivity (Wildman–Crippen MR) is 83.9 cm³/mol. The van der Waals surface area contributed by atoms with Gasteiger partial charge in [-0.25, -0.2) is 0 Å². The van der Waals surface area contributed by atoms with Gasteiger partial charge in [0.2, 0.25) is 0 Å². The molecule has 20 heavy (non-hydrogen) atoms. The van der Waals surface area contributed by atoms with Gasteiger partial charge in [-0.15, -0.1) is 17.0 Å². The number of halogens is 1. The van der Waals surface area contributed by atoms with E-state index in [0.29, 0.717) is 5.56 Å². The highest BCUT2D eigenvalue weighted by Crippen LogP contribution is 2.29. The molecule has 0 bridgehead atoms. The van der Waals surface area contributed by atoms with Crippen molar-refractivity contribution in [1.82, 2.24) is 4.90 Å². The first-order chi connectivity index (χ1) is 8.93. The summed E-state index contributed by atoms with van der Waals surface area (Å²) in [4.78, 5) is 14.8. The van der Waals surface area contributed by atoms with E-state index in [0.717, 1.165) is 25.9 Å². The minimum atomic E-state index is -0.580. The predicted octanol–water partition coefficient (Wildman–Crippen LogP) is 3.12. The molecule has 0 atom stereocenters. The molecule has 0 unspecified atom stereocenters. The monoisotopic (exact) mass is 343 g/mol. The Bertz CT molecular complexity index is 482. The van der Waals surface area contributed by atoms with Crippen molar-refractivity contribution in [1.29, 1.82) is 0 Å². The summed E-state index contributed by atoms with van der Waals surface area (Å²) >= 11 is 0. The van der Waals surface area contributed by atoms with Gasteiger partial charge < -0.3 is 10.2 Å². The van der Waals surface area contributed by atoms with Crippen molar-refractivity contribution < 1.29 is 15.0 Å². The second-order valence-corrected chi connectivity index (χ2v) is 5.64. The second kappa shape index (κ2) is 6.59.